The van der Waals surface area contributed by atoms with Crippen LogP contribution in [0.3, 0.4) is 0 Å². The van der Waals surface area contributed by atoms with Crippen molar-refractivity contribution >= 4 is 10.0 Å². The molecule has 0 bridgehead atoms. The third-order valence-corrected chi connectivity index (χ3v) is 5.53. The Morgan fingerprint density at radius 1 is 1.25 bits per heavy atom. The molecule has 0 aliphatic heterocycles. The van der Waals surface area contributed by atoms with Crippen LogP contribution in [0.25, 0.3) is 0 Å². The zero-order valence-electron chi connectivity index (χ0n) is 12.3. The van der Waals surface area contributed by atoms with Gasteiger partial charge in [0.15, 0.2) is 0 Å². The van der Waals surface area contributed by atoms with Crippen molar-refractivity contribution in [3.63, 3.8) is 0 Å². The molecule has 2 rings (SSSR count). The lowest BCUT2D eigenvalue weighted by atomic mass is 10.1. The molecule has 0 amide bonds. The Kier molecular flexibility index (Phi) is 5.18. The smallest absolute Gasteiger partial charge is 0.240 e. The first kappa shape index (κ1) is 15.5. The largest absolute Gasteiger partial charge is 0.316 e. The first-order chi connectivity index (χ1) is 9.53. The van der Waals surface area contributed by atoms with Gasteiger partial charge in [-0.2, -0.15) is 0 Å². The highest BCUT2D eigenvalue weighted by molar-refractivity contribution is 7.89. The van der Waals surface area contributed by atoms with Crippen LogP contribution in [-0.2, 0) is 16.6 Å². The SMILES string of the molecule is CNCc1ccc(C)c(S(=O)(=O)NCC2CCCC2)c1. The Hall–Kier alpha value is -0.910. The molecule has 0 radical (unpaired) electrons. The van der Waals surface area contributed by atoms with Crippen LogP contribution in [0, 0.1) is 12.8 Å². The summed E-state index contributed by atoms with van der Waals surface area (Å²) in [5, 5.41) is 3.04. The van der Waals surface area contributed by atoms with E-state index in [1.54, 1.807) is 6.07 Å². The van der Waals surface area contributed by atoms with E-state index in [1.165, 1.54) is 12.8 Å². The summed E-state index contributed by atoms with van der Waals surface area (Å²) >= 11 is 0. The predicted octanol–water partition coefficient (Wildman–Crippen LogP) is 2.18. The molecule has 0 spiro atoms. The average molecular weight is 296 g/mol. The molecule has 0 heterocycles. The third-order valence-electron chi connectivity index (χ3n) is 3.96. The number of nitrogens with one attached hydrogen (secondary N) is 2. The molecule has 0 saturated heterocycles. The summed E-state index contributed by atoms with van der Waals surface area (Å²) in [6.07, 6.45) is 4.73. The molecule has 0 aromatic heterocycles. The number of benzene rings is 1. The summed E-state index contributed by atoms with van der Waals surface area (Å²) in [5.74, 6) is 0.505. The molecule has 2 N–H and O–H groups in total. The molecule has 20 heavy (non-hydrogen) atoms. The zero-order valence-corrected chi connectivity index (χ0v) is 13.1. The monoisotopic (exact) mass is 296 g/mol. The fraction of sp³-hybridized carbons (Fsp3) is 0.600. The molecule has 1 aliphatic rings. The molecular formula is C15H24N2O2S. The summed E-state index contributed by atoms with van der Waals surface area (Å²) in [5.41, 5.74) is 1.78. The maximum Gasteiger partial charge on any atom is 0.240 e. The maximum atomic E-state index is 12.4. The second-order valence-electron chi connectivity index (χ2n) is 5.63. The summed E-state index contributed by atoms with van der Waals surface area (Å²) in [6.45, 7) is 3.08. The molecule has 1 aliphatic carbocycles. The minimum absolute atomic E-state index is 0.406. The molecule has 1 fully saturated rings. The van der Waals surface area contributed by atoms with Crippen LogP contribution < -0.4 is 10.0 Å². The van der Waals surface area contributed by atoms with Gasteiger partial charge in [0.05, 0.1) is 4.90 Å². The Morgan fingerprint density at radius 3 is 2.60 bits per heavy atom. The highest BCUT2D eigenvalue weighted by Gasteiger charge is 2.21. The molecule has 112 valence electrons. The molecule has 1 aromatic carbocycles. The highest BCUT2D eigenvalue weighted by atomic mass is 32.2. The minimum Gasteiger partial charge on any atom is -0.316 e. The van der Waals surface area contributed by atoms with E-state index in [-0.39, 0.29) is 0 Å². The maximum absolute atomic E-state index is 12.4. The van der Waals surface area contributed by atoms with E-state index in [2.05, 4.69) is 10.0 Å². The van der Waals surface area contributed by atoms with Crippen LogP contribution in [0.5, 0.6) is 0 Å². The van der Waals surface area contributed by atoms with Crippen molar-refractivity contribution < 1.29 is 8.42 Å². The van der Waals surface area contributed by atoms with Gasteiger partial charge in [-0.3, -0.25) is 0 Å². The van der Waals surface area contributed by atoms with E-state index in [4.69, 9.17) is 0 Å². The molecule has 5 heteroatoms. The van der Waals surface area contributed by atoms with Crippen LogP contribution in [0.15, 0.2) is 23.1 Å². The van der Waals surface area contributed by atoms with Gasteiger partial charge >= 0.3 is 0 Å². The van der Waals surface area contributed by atoms with Gasteiger partial charge in [-0.05, 0) is 49.9 Å². The first-order valence-electron chi connectivity index (χ1n) is 7.27. The molecule has 0 atom stereocenters. The van der Waals surface area contributed by atoms with Crippen LogP contribution in [0.4, 0.5) is 0 Å². The van der Waals surface area contributed by atoms with Crippen molar-refractivity contribution in [1.29, 1.82) is 0 Å². The lowest BCUT2D eigenvalue weighted by Crippen LogP contribution is -2.29. The fourth-order valence-corrected chi connectivity index (χ4v) is 4.18. The highest BCUT2D eigenvalue weighted by Crippen LogP contribution is 2.24. The van der Waals surface area contributed by atoms with Gasteiger partial charge in [-0.1, -0.05) is 25.0 Å². The number of hydrogen-bond donors (Lipinski definition) is 2. The van der Waals surface area contributed by atoms with Crippen molar-refractivity contribution in [2.45, 2.75) is 44.0 Å². The molecular weight excluding hydrogens is 272 g/mol. The molecule has 0 unspecified atom stereocenters. The molecule has 1 saturated carbocycles. The summed E-state index contributed by atoms with van der Waals surface area (Å²) < 4.78 is 27.6. The summed E-state index contributed by atoms with van der Waals surface area (Å²) in [4.78, 5) is 0.406. The normalized spacial score (nSPS) is 16.7. The second-order valence-corrected chi connectivity index (χ2v) is 7.37. The van der Waals surface area contributed by atoms with Gasteiger partial charge in [0.25, 0.3) is 0 Å². The van der Waals surface area contributed by atoms with E-state index in [1.807, 2.05) is 26.1 Å². The third kappa shape index (κ3) is 3.81. The van der Waals surface area contributed by atoms with Crippen LogP contribution in [0.2, 0.25) is 0 Å². The standard InChI is InChI=1S/C15H24N2O2S/c1-12-7-8-14(10-16-2)9-15(12)20(18,19)17-11-13-5-3-4-6-13/h7-9,13,16-17H,3-6,10-11H2,1-2H3. The summed E-state index contributed by atoms with van der Waals surface area (Å²) in [7, 11) is -1.54. The lowest BCUT2D eigenvalue weighted by molar-refractivity contribution is 0.519. The van der Waals surface area contributed by atoms with Crippen molar-refractivity contribution in [1.82, 2.24) is 10.0 Å². The quantitative estimate of drug-likeness (QED) is 0.846. The predicted molar refractivity (Wildman–Crippen MR) is 81.1 cm³/mol. The van der Waals surface area contributed by atoms with Gasteiger partial charge in [0, 0.05) is 13.1 Å². The lowest BCUT2D eigenvalue weighted by Gasteiger charge is -2.14. The number of rotatable bonds is 6. The van der Waals surface area contributed by atoms with E-state index in [0.717, 1.165) is 24.0 Å². The van der Waals surface area contributed by atoms with Gasteiger partial charge in [0.2, 0.25) is 10.0 Å². The molecule has 1 aromatic rings. The van der Waals surface area contributed by atoms with E-state index in [9.17, 15) is 8.42 Å². The Bertz CT molecular complexity index is 549. The van der Waals surface area contributed by atoms with Gasteiger partial charge in [-0.25, -0.2) is 13.1 Å². The van der Waals surface area contributed by atoms with Gasteiger partial charge < -0.3 is 5.32 Å². The Balaban J connectivity index is 2.12. The van der Waals surface area contributed by atoms with Crippen molar-refractivity contribution in [3.8, 4) is 0 Å². The molecule has 4 nitrogen and oxygen atoms in total. The van der Waals surface area contributed by atoms with Crippen molar-refractivity contribution in [2.75, 3.05) is 13.6 Å². The Labute approximate surface area is 122 Å². The van der Waals surface area contributed by atoms with Crippen molar-refractivity contribution in [2.24, 2.45) is 5.92 Å². The van der Waals surface area contributed by atoms with Crippen LogP contribution in [-0.4, -0.2) is 22.0 Å². The van der Waals surface area contributed by atoms with E-state index < -0.39 is 10.0 Å². The average Bonchev–Trinajstić information content (AvgIpc) is 2.92. The number of sulfonamides is 1. The topological polar surface area (TPSA) is 58.2 Å². The first-order valence-corrected chi connectivity index (χ1v) is 8.75. The Morgan fingerprint density at radius 2 is 1.95 bits per heavy atom. The van der Waals surface area contributed by atoms with Gasteiger partial charge in [-0.15, -0.1) is 0 Å². The van der Waals surface area contributed by atoms with Crippen LogP contribution in [0.1, 0.15) is 36.8 Å². The minimum atomic E-state index is -3.40. The summed E-state index contributed by atoms with van der Waals surface area (Å²) in [6, 6.07) is 5.60. The van der Waals surface area contributed by atoms with Gasteiger partial charge in [0.1, 0.15) is 0 Å². The number of aryl methyl sites for hydroxylation is 1. The second kappa shape index (κ2) is 6.70. The number of hydrogen-bond acceptors (Lipinski definition) is 3. The fourth-order valence-electron chi connectivity index (χ4n) is 2.77. The van der Waals surface area contributed by atoms with Crippen LogP contribution >= 0.6 is 0 Å². The van der Waals surface area contributed by atoms with E-state index in [0.29, 0.717) is 23.9 Å². The zero-order chi connectivity index (χ0) is 14.6. The van der Waals surface area contributed by atoms with Crippen molar-refractivity contribution in [3.05, 3.63) is 29.3 Å². The van der Waals surface area contributed by atoms with E-state index >= 15 is 0 Å².